The number of nitrogens with one attached hydrogen (secondary N) is 1. The van der Waals surface area contributed by atoms with E-state index in [0.29, 0.717) is 0 Å². The van der Waals surface area contributed by atoms with E-state index < -0.39 is 0 Å². The van der Waals surface area contributed by atoms with Crippen LogP contribution in [0, 0.1) is 6.92 Å². The first kappa shape index (κ1) is 16.5. The van der Waals surface area contributed by atoms with E-state index in [4.69, 9.17) is 4.74 Å². The number of amides is 1. The van der Waals surface area contributed by atoms with Gasteiger partial charge in [0.15, 0.2) is 6.61 Å². The van der Waals surface area contributed by atoms with Gasteiger partial charge < -0.3 is 15.0 Å². The molecule has 2 rings (SSSR count). The number of rotatable bonds is 3. The van der Waals surface area contributed by atoms with Gasteiger partial charge in [-0.3, -0.25) is 4.79 Å². The molecule has 0 aromatic heterocycles. The minimum absolute atomic E-state index is 0.0688. The van der Waals surface area contributed by atoms with Gasteiger partial charge in [-0.2, -0.15) is 0 Å². The van der Waals surface area contributed by atoms with E-state index in [9.17, 15) is 4.79 Å². The molecule has 0 saturated carbocycles. The molecule has 1 aliphatic heterocycles. The fourth-order valence-electron chi connectivity index (χ4n) is 1.97. The topological polar surface area (TPSA) is 41.6 Å². The summed E-state index contributed by atoms with van der Waals surface area (Å²) in [5, 5.41) is 3.28. The van der Waals surface area contributed by atoms with Gasteiger partial charge in [0, 0.05) is 19.6 Å². The summed E-state index contributed by atoms with van der Waals surface area (Å²) in [6.07, 6.45) is 1.01. The van der Waals surface area contributed by atoms with Crippen LogP contribution >= 0.6 is 0 Å². The standard InChI is InChI=1S/C14H20N2O2.C2H6/c1-12-3-5-13(6-4-12)18-11-14(17)16-9-2-7-15-8-10-16;1-2/h3-6,15H,2,7-11H2,1H3;1-2H3. The molecule has 1 aromatic carbocycles. The van der Waals surface area contributed by atoms with E-state index >= 15 is 0 Å². The molecule has 0 bridgehead atoms. The Kier molecular flexibility index (Phi) is 7.73. The molecule has 1 amide bonds. The molecule has 1 saturated heterocycles. The number of nitrogens with zero attached hydrogens (tertiary/aromatic N) is 1. The van der Waals surface area contributed by atoms with Gasteiger partial charge in [-0.15, -0.1) is 0 Å². The summed E-state index contributed by atoms with van der Waals surface area (Å²) in [6, 6.07) is 7.75. The SMILES string of the molecule is CC.Cc1ccc(OCC(=O)N2CCCNCC2)cc1. The second kappa shape index (κ2) is 9.37. The molecule has 1 aromatic rings. The summed E-state index contributed by atoms with van der Waals surface area (Å²) in [5.41, 5.74) is 1.19. The second-order valence-corrected chi connectivity index (χ2v) is 4.59. The largest absolute Gasteiger partial charge is 0.484 e. The maximum Gasteiger partial charge on any atom is 0.260 e. The number of carbonyl (C=O) groups is 1. The zero-order valence-electron chi connectivity index (χ0n) is 12.8. The summed E-state index contributed by atoms with van der Waals surface area (Å²) >= 11 is 0. The summed E-state index contributed by atoms with van der Waals surface area (Å²) in [6.45, 7) is 9.61. The maximum absolute atomic E-state index is 12.0. The van der Waals surface area contributed by atoms with Gasteiger partial charge in [0.2, 0.25) is 0 Å². The molecular weight excluding hydrogens is 252 g/mol. The number of benzene rings is 1. The molecular formula is C16H26N2O2. The lowest BCUT2D eigenvalue weighted by Gasteiger charge is -2.19. The minimum Gasteiger partial charge on any atom is -0.484 e. The number of hydrogen-bond acceptors (Lipinski definition) is 3. The maximum atomic E-state index is 12.0. The van der Waals surface area contributed by atoms with Crippen LogP contribution in [0.1, 0.15) is 25.8 Å². The number of hydrogen-bond donors (Lipinski definition) is 1. The van der Waals surface area contributed by atoms with Crippen LogP contribution in [0.15, 0.2) is 24.3 Å². The Balaban J connectivity index is 0.000000956. The van der Waals surface area contributed by atoms with Gasteiger partial charge in [0.05, 0.1) is 0 Å². The Morgan fingerprint density at radius 3 is 2.60 bits per heavy atom. The van der Waals surface area contributed by atoms with Gasteiger partial charge in [0.25, 0.3) is 5.91 Å². The molecule has 0 spiro atoms. The lowest BCUT2D eigenvalue weighted by atomic mass is 10.2. The molecule has 0 radical (unpaired) electrons. The molecule has 0 unspecified atom stereocenters. The highest BCUT2D eigenvalue weighted by Gasteiger charge is 2.15. The Hall–Kier alpha value is -1.55. The molecule has 20 heavy (non-hydrogen) atoms. The molecule has 4 heteroatoms. The molecule has 1 aliphatic rings. The Morgan fingerprint density at radius 1 is 1.20 bits per heavy atom. The molecule has 0 aliphatic carbocycles. The number of ether oxygens (including phenoxy) is 1. The van der Waals surface area contributed by atoms with Crippen molar-refractivity contribution in [2.75, 3.05) is 32.8 Å². The highest BCUT2D eigenvalue weighted by Crippen LogP contribution is 2.11. The van der Waals surface area contributed by atoms with Crippen LogP contribution in [-0.4, -0.2) is 43.6 Å². The third-order valence-electron chi connectivity index (χ3n) is 3.08. The van der Waals surface area contributed by atoms with Gasteiger partial charge >= 0.3 is 0 Å². The predicted octanol–water partition coefficient (Wildman–Crippen LogP) is 2.22. The number of carbonyl (C=O) groups excluding carboxylic acids is 1. The third-order valence-corrected chi connectivity index (χ3v) is 3.08. The van der Waals surface area contributed by atoms with Crippen LogP contribution in [0.25, 0.3) is 0 Å². The Labute approximate surface area is 122 Å². The van der Waals surface area contributed by atoms with E-state index in [1.165, 1.54) is 5.56 Å². The summed E-state index contributed by atoms with van der Waals surface area (Å²) in [7, 11) is 0. The van der Waals surface area contributed by atoms with Crippen LogP contribution in [0.5, 0.6) is 5.75 Å². The normalized spacial score (nSPS) is 14.8. The highest BCUT2D eigenvalue weighted by molar-refractivity contribution is 5.77. The van der Waals surface area contributed by atoms with Gasteiger partial charge in [-0.25, -0.2) is 0 Å². The average molecular weight is 278 g/mol. The van der Waals surface area contributed by atoms with Crippen molar-refractivity contribution in [3.05, 3.63) is 29.8 Å². The summed E-state index contributed by atoms with van der Waals surface area (Å²) in [4.78, 5) is 13.8. The summed E-state index contributed by atoms with van der Waals surface area (Å²) < 4.78 is 5.51. The fourth-order valence-corrected chi connectivity index (χ4v) is 1.97. The monoisotopic (exact) mass is 278 g/mol. The molecule has 4 nitrogen and oxygen atoms in total. The van der Waals surface area contributed by atoms with Crippen LogP contribution in [0.2, 0.25) is 0 Å². The summed E-state index contributed by atoms with van der Waals surface area (Å²) in [5.74, 6) is 0.821. The quantitative estimate of drug-likeness (QED) is 0.922. The van der Waals surface area contributed by atoms with Crippen molar-refractivity contribution in [3.63, 3.8) is 0 Å². The van der Waals surface area contributed by atoms with Crippen LogP contribution in [0.3, 0.4) is 0 Å². The zero-order valence-corrected chi connectivity index (χ0v) is 12.8. The number of aryl methyl sites for hydroxylation is 1. The smallest absolute Gasteiger partial charge is 0.260 e. The van der Waals surface area contributed by atoms with Gasteiger partial charge in [-0.1, -0.05) is 31.5 Å². The fraction of sp³-hybridized carbons (Fsp3) is 0.562. The zero-order chi connectivity index (χ0) is 14.8. The Morgan fingerprint density at radius 2 is 1.90 bits per heavy atom. The first-order valence-electron chi connectivity index (χ1n) is 7.44. The molecule has 1 fully saturated rings. The highest BCUT2D eigenvalue weighted by atomic mass is 16.5. The molecule has 1 N–H and O–H groups in total. The van der Waals surface area contributed by atoms with Crippen molar-refractivity contribution < 1.29 is 9.53 Å². The van der Waals surface area contributed by atoms with Crippen molar-refractivity contribution in [2.24, 2.45) is 0 Å². The van der Waals surface area contributed by atoms with Crippen LogP contribution < -0.4 is 10.1 Å². The molecule has 1 heterocycles. The Bertz CT molecular complexity index is 382. The molecule has 0 atom stereocenters. The predicted molar refractivity (Wildman–Crippen MR) is 82.1 cm³/mol. The van der Waals surface area contributed by atoms with E-state index in [0.717, 1.165) is 38.3 Å². The van der Waals surface area contributed by atoms with E-state index in [-0.39, 0.29) is 12.5 Å². The first-order chi connectivity index (χ1) is 9.75. The van der Waals surface area contributed by atoms with Crippen molar-refractivity contribution >= 4 is 5.91 Å². The van der Waals surface area contributed by atoms with E-state index in [2.05, 4.69) is 5.32 Å². The van der Waals surface area contributed by atoms with E-state index in [1.54, 1.807) is 0 Å². The van der Waals surface area contributed by atoms with Crippen LogP contribution in [-0.2, 0) is 4.79 Å². The van der Waals surface area contributed by atoms with E-state index in [1.807, 2.05) is 49.9 Å². The third kappa shape index (κ3) is 5.61. The van der Waals surface area contributed by atoms with Crippen molar-refractivity contribution in [1.29, 1.82) is 0 Å². The van der Waals surface area contributed by atoms with Crippen molar-refractivity contribution in [2.45, 2.75) is 27.2 Å². The van der Waals surface area contributed by atoms with Crippen molar-refractivity contribution in [1.82, 2.24) is 10.2 Å². The lowest BCUT2D eigenvalue weighted by Crippen LogP contribution is -2.37. The first-order valence-corrected chi connectivity index (χ1v) is 7.44. The average Bonchev–Trinajstić information content (AvgIpc) is 2.77. The lowest BCUT2D eigenvalue weighted by molar-refractivity contribution is -0.133. The second-order valence-electron chi connectivity index (χ2n) is 4.59. The van der Waals surface area contributed by atoms with Gasteiger partial charge in [-0.05, 0) is 32.0 Å². The molecule has 112 valence electrons. The minimum atomic E-state index is 0.0688. The van der Waals surface area contributed by atoms with Crippen LogP contribution in [0.4, 0.5) is 0 Å². The van der Waals surface area contributed by atoms with Crippen molar-refractivity contribution in [3.8, 4) is 5.75 Å². The van der Waals surface area contributed by atoms with Gasteiger partial charge in [0.1, 0.15) is 5.75 Å².